The minimum Gasteiger partial charge on any atom is -0.462 e. The van der Waals surface area contributed by atoms with Crippen LogP contribution in [0.4, 0.5) is 0 Å². The van der Waals surface area contributed by atoms with Crippen LogP contribution in [0.15, 0.2) is 0 Å². The Morgan fingerprint density at radius 3 is 0.792 bits per heavy atom. The van der Waals surface area contributed by atoms with Gasteiger partial charge < -0.3 is 33.8 Å². The highest BCUT2D eigenvalue weighted by atomic mass is 31.2. The van der Waals surface area contributed by atoms with Gasteiger partial charge in [0, 0.05) is 25.7 Å². The summed E-state index contributed by atoms with van der Waals surface area (Å²) in [4.78, 5) is 72.8. The maximum Gasteiger partial charge on any atom is 0.472 e. The maximum atomic E-state index is 13.1. The van der Waals surface area contributed by atoms with Crippen LogP contribution in [0.25, 0.3) is 0 Å². The summed E-state index contributed by atoms with van der Waals surface area (Å²) < 4.78 is 68.5. The van der Waals surface area contributed by atoms with Crippen molar-refractivity contribution in [2.45, 2.75) is 419 Å². The largest absolute Gasteiger partial charge is 0.472 e. The molecule has 0 bridgehead atoms. The third kappa shape index (κ3) is 69.2. The Kier molecular flexibility index (Phi) is 67.4. The lowest BCUT2D eigenvalue weighted by Gasteiger charge is -2.21. The third-order valence-corrected chi connectivity index (χ3v) is 20.2. The van der Waals surface area contributed by atoms with Gasteiger partial charge >= 0.3 is 39.5 Å². The summed E-state index contributed by atoms with van der Waals surface area (Å²) >= 11 is 0. The smallest absolute Gasteiger partial charge is 0.462 e. The summed E-state index contributed by atoms with van der Waals surface area (Å²) in [6.45, 7) is 9.66. The molecule has 0 heterocycles. The zero-order chi connectivity index (χ0) is 70.7. The minimum atomic E-state index is -4.96. The molecule has 0 radical (unpaired) electrons. The molecule has 0 aliphatic heterocycles. The summed E-state index contributed by atoms with van der Waals surface area (Å²) in [5.41, 5.74) is 0. The number of ether oxygens (including phenoxy) is 4. The average molecular weight is 1410 g/mol. The summed E-state index contributed by atoms with van der Waals surface area (Å²) in [7, 11) is -9.91. The molecule has 17 nitrogen and oxygen atoms in total. The number of aliphatic hydroxyl groups excluding tert-OH is 1. The molecule has 0 saturated heterocycles. The molecule has 19 heteroatoms. The van der Waals surface area contributed by atoms with Crippen LogP contribution in [0.3, 0.4) is 0 Å². The standard InChI is InChI=1S/C77H150O17P2/c1-7-10-12-14-16-18-19-24-32-37-43-49-55-61-76(81)93-72(65-87-74(79)59-53-47-41-17-15-13-11-8-2)67-91-95(83,84)89-63-71(78)64-90-96(85,86)92-68-73(66-88-75(80)60-54-48-42-36-31-27-22-20-25-29-34-39-45-51-57-69(4)5)94-77(82)62-56-50-44-38-33-28-23-21-26-30-35-40-46-52-58-70(6)9-3/h69-73,78H,7-68H2,1-6H3,(H,83,84)(H,85,86)/t70?,71-,72+,73+/m0/s1. The van der Waals surface area contributed by atoms with Crippen LogP contribution in [0.2, 0.25) is 0 Å². The summed E-state index contributed by atoms with van der Waals surface area (Å²) in [6, 6.07) is 0. The van der Waals surface area contributed by atoms with Crippen LogP contribution in [-0.2, 0) is 65.4 Å². The molecule has 96 heavy (non-hydrogen) atoms. The van der Waals surface area contributed by atoms with Gasteiger partial charge in [0.1, 0.15) is 19.3 Å². The number of rotatable bonds is 76. The molecule has 0 spiro atoms. The van der Waals surface area contributed by atoms with E-state index in [9.17, 15) is 43.2 Å². The van der Waals surface area contributed by atoms with Crippen molar-refractivity contribution in [2.24, 2.45) is 11.8 Å². The number of aliphatic hydroxyl groups is 1. The zero-order valence-corrected chi connectivity index (χ0v) is 64.5. The van der Waals surface area contributed by atoms with Crippen molar-refractivity contribution in [3.8, 4) is 0 Å². The number of phosphoric ester groups is 2. The molecule has 6 atom stereocenters. The molecule has 0 rings (SSSR count). The second kappa shape index (κ2) is 68.8. The van der Waals surface area contributed by atoms with Gasteiger partial charge in [-0.05, 0) is 37.5 Å². The van der Waals surface area contributed by atoms with Crippen molar-refractivity contribution in [2.75, 3.05) is 39.6 Å². The van der Waals surface area contributed by atoms with E-state index < -0.39 is 97.5 Å². The molecule has 0 fully saturated rings. The highest BCUT2D eigenvalue weighted by molar-refractivity contribution is 7.47. The lowest BCUT2D eigenvalue weighted by atomic mass is 9.99. The number of esters is 4. The molecule has 0 amide bonds. The number of hydrogen-bond acceptors (Lipinski definition) is 15. The van der Waals surface area contributed by atoms with Crippen LogP contribution in [0.5, 0.6) is 0 Å². The predicted molar refractivity (Wildman–Crippen MR) is 391 cm³/mol. The summed E-state index contributed by atoms with van der Waals surface area (Å²) in [5, 5.41) is 10.6. The third-order valence-electron chi connectivity index (χ3n) is 18.3. The Morgan fingerprint density at radius 1 is 0.302 bits per heavy atom. The van der Waals surface area contributed by atoms with Crippen molar-refractivity contribution >= 4 is 39.5 Å². The number of carbonyl (C=O) groups is 4. The van der Waals surface area contributed by atoms with Gasteiger partial charge in [0.05, 0.1) is 26.4 Å². The number of phosphoric acid groups is 2. The van der Waals surface area contributed by atoms with E-state index >= 15 is 0 Å². The van der Waals surface area contributed by atoms with Crippen LogP contribution < -0.4 is 0 Å². The first kappa shape index (κ1) is 94.1. The van der Waals surface area contributed by atoms with E-state index in [1.54, 1.807) is 0 Å². The fourth-order valence-electron chi connectivity index (χ4n) is 11.8. The Morgan fingerprint density at radius 2 is 0.531 bits per heavy atom. The molecule has 3 unspecified atom stereocenters. The molecule has 0 aromatic heterocycles. The molecule has 570 valence electrons. The van der Waals surface area contributed by atoms with Crippen molar-refractivity contribution < 1.29 is 80.2 Å². The normalized spacial score (nSPS) is 14.3. The maximum absolute atomic E-state index is 13.1. The van der Waals surface area contributed by atoms with E-state index in [2.05, 4.69) is 41.5 Å². The molecule has 0 aromatic carbocycles. The van der Waals surface area contributed by atoms with E-state index in [4.69, 9.17) is 37.0 Å². The fraction of sp³-hybridized carbons (Fsp3) is 0.948. The van der Waals surface area contributed by atoms with Gasteiger partial charge in [0.2, 0.25) is 0 Å². The molecule has 0 aliphatic carbocycles. The number of unbranched alkanes of at least 4 members (excludes halogenated alkanes) is 45. The fourth-order valence-corrected chi connectivity index (χ4v) is 13.4. The van der Waals surface area contributed by atoms with E-state index in [1.165, 1.54) is 212 Å². The van der Waals surface area contributed by atoms with Gasteiger partial charge in [-0.25, -0.2) is 9.13 Å². The SMILES string of the molecule is CCCCCCCCCCCCCCCC(=O)O[C@H](COC(=O)CCCCCCCCCC)COP(=O)(O)OC[C@H](O)COP(=O)(O)OC[C@@H](COC(=O)CCCCCCCCCCCCCCCCC(C)C)OC(=O)CCCCCCCCCCCCCCCCC(C)CC. The minimum absolute atomic E-state index is 0.108. The van der Waals surface area contributed by atoms with Crippen LogP contribution in [0, 0.1) is 11.8 Å². The van der Waals surface area contributed by atoms with Crippen molar-refractivity contribution in [1.29, 1.82) is 0 Å². The first-order valence-corrected chi connectivity index (χ1v) is 43.0. The van der Waals surface area contributed by atoms with Gasteiger partial charge in [0.25, 0.3) is 0 Å². The Bertz CT molecular complexity index is 1860. The first-order chi connectivity index (χ1) is 46.4. The molecule has 0 saturated carbocycles. The van der Waals surface area contributed by atoms with Crippen LogP contribution in [-0.4, -0.2) is 96.7 Å². The van der Waals surface area contributed by atoms with Crippen molar-refractivity contribution in [1.82, 2.24) is 0 Å². The van der Waals surface area contributed by atoms with Gasteiger partial charge in [-0.2, -0.15) is 0 Å². The van der Waals surface area contributed by atoms with Crippen molar-refractivity contribution in [3.63, 3.8) is 0 Å². The Labute approximate surface area is 588 Å². The second-order valence-corrected chi connectivity index (χ2v) is 31.4. The van der Waals surface area contributed by atoms with E-state index in [1.807, 2.05) is 0 Å². The highest BCUT2D eigenvalue weighted by Gasteiger charge is 2.30. The quantitative estimate of drug-likeness (QED) is 0.0222. The van der Waals surface area contributed by atoms with Gasteiger partial charge in [-0.3, -0.25) is 37.3 Å². The Balaban J connectivity index is 5.21. The number of carbonyl (C=O) groups excluding carboxylic acids is 4. The lowest BCUT2D eigenvalue weighted by molar-refractivity contribution is -0.161. The molecule has 0 aliphatic rings. The topological polar surface area (TPSA) is 237 Å². The van der Waals surface area contributed by atoms with E-state index in [-0.39, 0.29) is 25.7 Å². The summed E-state index contributed by atoms with van der Waals surface area (Å²) in [6.07, 6.45) is 56.8. The Hall–Kier alpha value is -1.94. The molecular weight excluding hydrogens is 1260 g/mol. The molecule has 0 aromatic rings. The summed E-state index contributed by atoms with van der Waals surface area (Å²) in [5.74, 6) is -0.470. The molecular formula is C77H150O17P2. The first-order valence-electron chi connectivity index (χ1n) is 40.0. The van der Waals surface area contributed by atoms with Crippen LogP contribution in [0.1, 0.15) is 401 Å². The lowest BCUT2D eigenvalue weighted by Crippen LogP contribution is -2.30. The van der Waals surface area contributed by atoms with E-state index in [0.29, 0.717) is 25.7 Å². The van der Waals surface area contributed by atoms with Crippen molar-refractivity contribution in [3.05, 3.63) is 0 Å². The highest BCUT2D eigenvalue weighted by Crippen LogP contribution is 2.45. The van der Waals surface area contributed by atoms with Gasteiger partial charge in [0.15, 0.2) is 12.2 Å². The average Bonchev–Trinajstić information content (AvgIpc) is 1.51. The monoisotopic (exact) mass is 1410 g/mol. The van der Waals surface area contributed by atoms with Gasteiger partial charge in [-0.15, -0.1) is 0 Å². The van der Waals surface area contributed by atoms with E-state index in [0.717, 1.165) is 108 Å². The van der Waals surface area contributed by atoms with Crippen LogP contribution >= 0.6 is 15.6 Å². The molecule has 3 N–H and O–H groups in total. The number of hydrogen-bond donors (Lipinski definition) is 3. The zero-order valence-electron chi connectivity index (χ0n) is 62.7. The predicted octanol–water partition coefficient (Wildman–Crippen LogP) is 22.7. The second-order valence-electron chi connectivity index (χ2n) is 28.5. The van der Waals surface area contributed by atoms with Gasteiger partial charge in [-0.1, -0.05) is 350 Å².